The van der Waals surface area contributed by atoms with Crippen molar-refractivity contribution in [3.05, 3.63) is 75.9 Å². The van der Waals surface area contributed by atoms with Gasteiger partial charge in [-0.25, -0.2) is 0 Å². The number of likely N-dealkylation sites (tertiary alicyclic amines) is 1. The topological polar surface area (TPSA) is 116 Å². The Balaban J connectivity index is 1.37. The third-order valence-corrected chi connectivity index (χ3v) is 9.27. The maximum atomic E-state index is 13.4. The van der Waals surface area contributed by atoms with Gasteiger partial charge in [0.05, 0.1) is 28.4 Å². The van der Waals surface area contributed by atoms with Crippen molar-refractivity contribution in [1.29, 1.82) is 0 Å². The van der Waals surface area contributed by atoms with Crippen molar-refractivity contribution in [3.63, 3.8) is 0 Å². The van der Waals surface area contributed by atoms with E-state index >= 15 is 0 Å². The van der Waals surface area contributed by atoms with E-state index in [-0.39, 0.29) is 35.8 Å². The standard InChI is InChI=1S/C28H31N3O6/c1-3-12-30-13-11-27-24-18-7-8-21(32)25(24)37-26(27)20(9-10-28(27,34)22(30)16-18)29(2)23(33)15-17-5-4-6-19(14-17)31(35)36/h3-8,14,20,22,26,32,34H,1,9-13,15-16H2,2H3/t20?,22-,26?,27+,28-/m1/s1. The minimum atomic E-state index is -1.06. The molecule has 2 unspecified atom stereocenters. The van der Waals surface area contributed by atoms with Crippen LogP contribution in [0.25, 0.3) is 0 Å². The molecule has 0 aromatic heterocycles. The third kappa shape index (κ3) is 3.20. The minimum absolute atomic E-state index is 0.0256. The quantitative estimate of drug-likeness (QED) is 0.352. The molecule has 2 aliphatic carbocycles. The first-order valence-electron chi connectivity index (χ1n) is 12.8. The molecular formula is C28H31N3O6. The molecular weight excluding hydrogens is 474 g/mol. The average molecular weight is 506 g/mol. The number of hydrogen-bond acceptors (Lipinski definition) is 7. The van der Waals surface area contributed by atoms with Crippen molar-refractivity contribution in [1.82, 2.24) is 9.80 Å². The summed E-state index contributed by atoms with van der Waals surface area (Å²) < 4.78 is 6.52. The molecule has 2 bridgehead atoms. The van der Waals surface area contributed by atoms with Crippen molar-refractivity contribution in [3.8, 4) is 11.5 Å². The van der Waals surface area contributed by atoms with Crippen LogP contribution in [0.2, 0.25) is 0 Å². The van der Waals surface area contributed by atoms with Gasteiger partial charge in [0.1, 0.15) is 6.10 Å². The molecule has 1 saturated carbocycles. The van der Waals surface area contributed by atoms with E-state index < -0.39 is 22.0 Å². The SMILES string of the molecule is C=CCN1CC[C@]23c4c5ccc(O)c4OC2C(N(C)C(=O)Cc2cccc([N+](=O)[O-])c2)CC[C@@]3(O)[C@H]1C5. The Labute approximate surface area is 215 Å². The number of amides is 1. The number of aliphatic hydroxyl groups is 1. The van der Waals surface area contributed by atoms with Crippen LogP contribution >= 0.6 is 0 Å². The second-order valence-corrected chi connectivity index (χ2v) is 10.8. The van der Waals surface area contributed by atoms with Crippen LogP contribution in [-0.4, -0.2) is 74.8 Å². The zero-order chi connectivity index (χ0) is 26.1. The highest BCUT2D eigenvalue weighted by molar-refractivity contribution is 5.79. The van der Waals surface area contributed by atoms with Crippen LogP contribution in [0.4, 0.5) is 5.69 Å². The van der Waals surface area contributed by atoms with E-state index in [1.54, 1.807) is 30.1 Å². The molecule has 6 rings (SSSR count). The Morgan fingerprint density at radius 3 is 2.92 bits per heavy atom. The molecule has 0 radical (unpaired) electrons. The molecule has 2 aromatic carbocycles. The minimum Gasteiger partial charge on any atom is -0.504 e. The van der Waals surface area contributed by atoms with Crippen molar-refractivity contribution >= 4 is 11.6 Å². The summed E-state index contributed by atoms with van der Waals surface area (Å²) in [5, 5.41) is 34.4. The molecule has 5 atom stereocenters. The summed E-state index contributed by atoms with van der Waals surface area (Å²) in [5.74, 6) is 0.317. The molecule has 1 saturated heterocycles. The lowest BCUT2D eigenvalue weighted by molar-refractivity contribution is -0.384. The van der Waals surface area contributed by atoms with E-state index in [1.807, 2.05) is 12.1 Å². The molecule has 2 fully saturated rings. The summed E-state index contributed by atoms with van der Waals surface area (Å²) in [4.78, 5) is 28.1. The monoisotopic (exact) mass is 505 g/mol. The maximum absolute atomic E-state index is 13.4. The molecule has 194 valence electrons. The average Bonchev–Trinajstić information content (AvgIpc) is 3.23. The van der Waals surface area contributed by atoms with Gasteiger partial charge in [0.15, 0.2) is 11.5 Å². The molecule has 2 aliphatic heterocycles. The second kappa shape index (κ2) is 8.29. The molecule has 9 nitrogen and oxygen atoms in total. The number of phenolic OH excluding ortho intramolecular Hbond substituents is 1. The van der Waals surface area contributed by atoms with E-state index in [0.29, 0.717) is 43.5 Å². The van der Waals surface area contributed by atoms with E-state index in [0.717, 1.165) is 17.7 Å². The number of likely N-dealkylation sites (N-methyl/N-ethyl adjacent to an activating group) is 1. The van der Waals surface area contributed by atoms with Gasteiger partial charge in [-0.2, -0.15) is 0 Å². The van der Waals surface area contributed by atoms with E-state index in [1.165, 1.54) is 12.1 Å². The van der Waals surface area contributed by atoms with Crippen LogP contribution < -0.4 is 4.74 Å². The number of carbonyl (C=O) groups is 1. The summed E-state index contributed by atoms with van der Waals surface area (Å²) in [6, 6.07) is 9.29. The first kappa shape index (κ1) is 23.9. The van der Waals surface area contributed by atoms with E-state index in [9.17, 15) is 25.1 Å². The molecule has 9 heteroatoms. The Hall–Kier alpha value is -3.43. The van der Waals surface area contributed by atoms with E-state index in [4.69, 9.17) is 4.74 Å². The van der Waals surface area contributed by atoms with Gasteiger partial charge in [-0.15, -0.1) is 6.58 Å². The van der Waals surface area contributed by atoms with Gasteiger partial charge < -0.3 is 19.8 Å². The number of nitrogens with zero attached hydrogens (tertiary/aromatic N) is 3. The van der Waals surface area contributed by atoms with Crippen LogP contribution in [0.5, 0.6) is 11.5 Å². The number of nitro benzene ring substituents is 1. The number of rotatable bonds is 6. The van der Waals surface area contributed by atoms with Gasteiger partial charge >= 0.3 is 0 Å². The lowest BCUT2D eigenvalue weighted by atomic mass is 9.48. The fourth-order valence-corrected chi connectivity index (χ4v) is 7.65. The zero-order valence-electron chi connectivity index (χ0n) is 20.8. The van der Waals surface area contributed by atoms with Crippen molar-refractivity contribution in [2.45, 2.75) is 61.3 Å². The summed E-state index contributed by atoms with van der Waals surface area (Å²) in [7, 11) is 1.74. The summed E-state index contributed by atoms with van der Waals surface area (Å²) in [6.45, 7) is 5.34. The Morgan fingerprint density at radius 1 is 1.35 bits per heavy atom. The second-order valence-electron chi connectivity index (χ2n) is 10.8. The number of nitro groups is 1. The molecule has 2 heterocycles. The largest absolute Gasteiger partial charge is 0.504 e. The lowest BCUT2D eigenvalue weighted by Gasteiger charge is -2.64. The number of carbonyl (C=O) groups excluding carboxylic acids is 1. The van der Waals surface area contributed by atoms with Crippen molar-refractivity contribution in [2.24, 2.45) is 0 Å². The normalized spacial score (nSPS) is 31.2. The van der Waals surface area contributed by atoms with Gasteiger partial charge in [0.2, 0.25) is 5.91 Å². The number of phenols is 1. The van der Waals surface area contributed by atoms with E-state index in [2.05, 4.69) is 11.5 Å². The van der Waals surface area contributed by atoms with Gasteiger partial charge in [-0.1, -0.05) is 24.3 Å². The lowest BCUT2D eigenvalue weighted by Crippen LogP contribution is -2.78. The smallest absolute Gasteiger partial charge is 0.269 e. The molecule has 1 amide bonds. The predicted octanol–water partition coefficient (Wildman–Crippen LogP) is 2.71. The van der Waals surface area contributed by atoms with Crippen LogP contribution in [0, 0.1) is 10.1 Å². The number of benzene rings is 2. The predicted molar refractivity (Wildman–Crippen MR) is 136 cm³/mol. The summed E-state index contributed by atoms with van der Waals surface area (Å²) in [5.41, 5.74) is 0.698. The van der Waals surface area contributed by atoms with Crippen LogP contribution in [-0.2, 0) is 23.1 Å². The number of ether oxygens (including phenoxy) is 1. The van der Waals surface area contributed by atoms with Crippen molar-refractivity contribution < 1.29 is 24.7 Å². The highest BCUT2D eigenvalue weighted by Crippen LogP contribution is 2.65. The van der Waals surface area contributed by atoms with Gasteiger partial charge in [-0.05, 0) is 49.4 Å². The Kier molecular flexibility index (Phi) is 5.36. The molecule has 2 aromatic rings. The fourth-order valence-electron chi connectivity index (χ4n) is 7.65. The highest BCUT2D eigenvalue weighted by atomic mass is 16.6. The first-order chi connectivity index (χ1) is 17.7. The van der Waals surface area contributed by atoms with Gasteiger partial charge in [0, 0.05) is 37.3 Å². The molecule has 4 aliphatic rings. The number of aromatic hydroxyl groups is 1. The first-order valence-corrected chi connectivity index (χ1v) is 12.8. The number of hydrogen-bond donors (Lipinski definition) is 2. The number of non-ortho nitro benzene ring substituents is 1. The van der Waals surface area contributed by atoms with Gasteiger partial charge in [-0.3, -0.25) is 19.8 Å². The Bertz CT molecular complexity index is 1310. The van der Waals surface area contributed by atoms with Crippen LogP contribution in [0.1, 0.15) is 36.0 Å². The zero-order valence-corrected chi connectivity index (χ0v) is 20.8. The fraction of sp³-hybridized carbons (Fsp3) is 0.464. The molecule has 2 N–H and O–H groups in total. The van der Waals surface area contributed by atoms with Crippen LogP contribution in [0.3, 0.4) is 0 Å². The molecule has 1 spiro atoms. The highest BCUT2D eigenvalue weighted by Gasteiger charge is 2.73. The van der Waals surface area contributed by atoms with Crippen molar-refractivity contribution in [2.75, 3.05) is 20.1 Å². The number of piperidine rings is 1. The molecule has 37 heavy (non-hydrogen) atoms. The van der Waals surface area contributed by atoms with Gasteiger partial charge in [0.25, 0.3) is 5.69 Å². The summed E-state index contributed by atoms with van der Waals surface area (Å²) in [6.07, 6.45) is 3.73. The van der Waals surface area contributed by atoms with Crippen LogP contribution in [0.15, 0.2) is 49.1 Å². The maximum Gasteiger partial charge on any atom is 0.269 e. The Morgan fingerprint density at radius 2 is 2.16 bits per heavy atom. The third-order valence-electron chi connectivity index (χ3n) is 9.27. The summed E-state index contributed by atoms with van der Waals surface area (Å²) >= 11 is 0.